The maximum Gasteiger partial charge on any atom is 0.129 e. The van der Waals surface area contributed by atoms with Crippen LogP contribution in [-0.2, 0) is 6.42 Å². The first-order chi connectivity index (χ1) is 9.52. The third kappa shape index (κ3) is 3.18. The molecule has 0 fully saturated rings. The molecule has 0 saturated carbocycles. The van der Waals surface area contributed by atoms with Crippen LogP contribution in [0.15, 0.2) is 36.4 Å². The predicted molar refractivity (Wildman–Crippen MR) is 81.1 cm³/mol. The number of benzene rings is 2. The standard InChI is InChI=1S/C16H18ClFN2/c1-10-6-7-12(8-11(10)2)9-15(20-19)16-13(17)4-3-5-14(16)18/h3-8,15,20H,9,19H2,1-2H3. The van der Waals surface area contributed by atoms with Crippen molar-refractivity contribution in [1.82, 2.24) is 5.43 Å². The van der Waals surface area contributed by atoms with Gasteiger partial charge in [-0.3, -0.25) is 11.3 Å². The van der Waals surface area contributed by atoms with Gasteiger partial charge in [-0.25, -0.2) is 4.39 Å². The zero-order valence-electron chi connectivity index (χ0n) is 11.6. The summed E-state index contributed by atoms with van der Waals surface area (Å²) in [5.74, 6) is 5.24. The Morgan fingerprint density at radius 3 is 2.55 bits per heavy atom. The van der Waals surface area contributed by atoms with Gasteiger partial charge in [0.05, 0.1) is 6.04 Å². The average molecular weight is 293 g/mol. The quantitative estimate of drug-likeness (QED) is 0.664. The van der Waals surface area contributed by atoms with E-state index < -0.39 is 0 Å². The molecule has 2 aromatic rings. The van der Waals surface area contributed by atoms with E-state index in [1.165, 1.54) is 17.2 Å². The van der Waals surface area contributed by atoms with Gasteiger partial charge in [0, 0.05) is 10.6 Å². The Kier molecular flexibility index (Phi) is 4.76. The Morgan fingerprint density at radius 2 is 1.95 bits per heavy atom. The lowest BCUT2D eigenvalue weighted by Crippen LogP contribution is -2.30. The maximum atomic E-state index is 14.0. The van der Waals surface area contributed by atoms with E-state index >= 15 is 0 Å². The van der Waals surface area contributed by atoms with E-state index in [0.717, 1.165) is 5.56 Å². The van der Waals surface area contributed by atoms with E-state index in [4.69, 9.17) is 17.4 Å². The van der Waals surface area contributed by atoms with Crippen molar-refractivity contribution in [1.29, 1.82) is 0 Å². The normalized spacial score (nSPS) is 12.4. The Labute approximate surface area is 123 Å². The lowest BCUT2D eigenvalue weighted by atomic mass is 9.96. The van der Waals surface area contributed by atoms with Crippen molar-refractivity contribution in [2.75, 3.05) is 0 Å². The molecule has 0 aliphatic heterocycles. The number of aryl methyl sites for hydroxylation is 2. The summed E-state index contributed by atoms with van der Waals surface area (Å²) in [5, 5.41) is 0.386. The molecule has 0 bridgehead atoms. The molecule has 106 valence electrons. The first-order valence-electron chi connectivity index (χ1n) is 6.49. The van der Waals surface area contributed by atoms with Gasteiger partial charge in [-0.2, -0.15) is 0 Å². The molecule has 20 heavy (non-hydrogen) atoms. The molecule has 0 spiro atoms. The van der Waals surface area contributed by atoms with Crippen LogP contribution in [0.25, 0.3) is 0 Å². The fourth-order valence-electron chi connectivity index (χ4n) is 2.25. The number of hydrazine groups is 1. The molecule has 0 amide bonds. The predicted octanol–water partition coefficient (Wildman–Crippen LogP) is 3.84. The van der Waals surface area contributed by atoms with Crippen LogP contribution in [0.2, 0.25) is 5.02 Å². The topological polar surface area (TPSA) is 38.0 Å². The second kappa shape index (κ2) is 6.35. The number of hydrogen-bond donors (Lipinski definition) is 2. The molecule has 1 atom stereocenters. The van der Waals surface area contributed by atoms with Crippen LogP contribution < -0.4 is 11.3 Å². The highest BCUT2D eigenvalue weighted by Gasteiger charge is 2.18. The lowest BCUT2D eigenvalue weighted by Gasteiger charge is -2.19. The first-order valence-corrected chi connectivity index (χ1v) is 6.87. The van der Waals surface area contributed by atoms with Crippen LogP contribution in [-0.4, -0.2) is 0 Å². The van der Waals surface area contributed by atoms with Crippen LogP contribution in [0.4, 0.5) is 4.39 Å². The highest BCUT2D eigenvalue weighted by Crippen LogP contribution is 2.28. The summed E-state index contributed by atoms with van der Waals surface area (Å²) in [6, 6.07) is 10.5. The Morgan fingerprint density at radius 1 is 1.20 bits per heavy atom. The van der Waals surface area contributed by atoms with Crippen molar-refractivity contribution in [2.45, 2.75) is 26.3 Å². The van der Waals surface area contributed by atoms with Gasteiger partial charge < -0.3 is 0 Å². The SMILES string of the molecule is Cc1ccc(CC(NN)c2c(F)cccc2Cl)cc1C. The van der Waals surface area contributed by atoms with Crippen LogP contribution in [0.1, 0.15) is 28.3 Å². The van der Waals surface area contributed by atoms with Gasteiger partial charge in [0.2, 0.25) is 0 Å². The zero-order chi connectivity index (χ0) is 14.7. The van der Waals surface area contributed by atoms with Crippen molar-refractivity contribution in [3.05, 3.63) is 69.5 Å². The number of nitrogens with two attached hydrogens (primary N) is 1. The zero-order valence-corrected chi connectivity index (χ0v) is 12.3. The Balaban J connectivity index is 2.31. The summed E-state index contributed by atoms with van der Waals surface area (Å²) < 4.78 is 14.0. The summed E-state index contributed by atoms with van der Waals surface area (Å²) in [6.45, 7) is 4.12. The lowest BCUT2D eigenvalue weighted by molar-refractivity contribution is 0.511. The molecule has 2 rings (SSSR count). The van der Waals surface area contributed by atoms with Crippen molar-refractivity contribution < 1.29 is 4.39 Å². The third-order valence-electron chi connectivity index (χ3n) is 3.56. The number of nitrogens with one attached hydrogen (secondary N) is 1. The number of rotatable bonds is 4. The van der Waals surface area contributed by atoms with Crippen molar-refractivity contribution in [2.24, 2.45) is 5.84 Å². The highest BCUT2D eigenvalue weighted by molar-refractivity contribution is 6.31. The molecule has 0 aliphatic carbocycles. The van der Waals surface area contributed by atoms with E-state index in [1.807, 2.05) is 6.07 Å². The first kappa shape index (κ1) is 15.0. The van der Waals surface area contributed by atoms with Crippen molar-refractivity contribution in [3.8, 4) is 0 Å². The van der Waals surface area contributed by atoms with E-state index in [0.29, 0.717) is 17.0 Å². The van der Waals surface area contributed by atoms with Gasteiger partial charge in [-0.15, -0.1) is 0 Å². The van der Waals surface area contributed by atoms with Crippen LogP contribution in [0, 0.1) is 19.7 Å². The molecule has 3 N–H and O–H groups in total. The number of halogens is 2. The van der Waals surface area contributed by atoms with Gasteiger partial charge in [0.25, 0.3) is 0 Å². The second-order valence-electron chi connectivity index (χ2n) is 4.98. The maximum absolute atomic E-state index is 14.0. The van der Waals surface area contributed by atoms with E-state index in [2.05, 4.69) is 31.4 Å². The monoisotopic (exact) mass is 292 g/mol. The third-order valence-corrected chi connectivity index (χ3v) is 3.89. The van der Waals surface area contributed by atoms with Gasteiger partial charge in [-0.1, -0.05) is 35.9 Å². The summed E-state index contributed by atoms with van der Waals surface area (Å²) in [6.07, 6.45) is 0.582. The van der Waals surface area contributed by atoms with E-state index in [9.17, 15) is 4.39 Å². The summed E-state index contributed by atoms with van der Waals surface area (Å²) >= 11 is 6.09. The van der Waals surface area contributed by atoms with Gasteiger partial charge in [0.1, 0.15) is 5.82 Å². The fraction of sp³-hybridized carbons (Fsp3) is 0.250. The molecule has 0 aliphatic rings. The van der Waals surface area contributed by atoms with Gasteiger partial charge in [0.15, 0.2) is 0 Å². The molecule has 0 heterocycles. The van der Waals surface area contributed by atoms with E-state index in [-0.39, 0.29) is 11.9 Å². The minimum absolute atomic E-state index is 0.343. The highest BCUT2D eigenvalue weighted by atomic mass is 35.5. The van der Waals surface area contributed by atoms with Crippen molar-refractivity contribution >= 4 is 11.6 Å². The fourth-order valence-corrected chi connectivity index (χ4v) is 2.55. The van der Waals surface area contributed by atoms with Crippen molar-refractivity contribution in [3.63, 3.8) is 0 Å². The molecular weight excluding hydrogens is 275 g/mol. The van der Waals surface area contributed by atoms with Crippen LogP contribution in [0.3, 0.4) is 0 Å². The average Bonchev–Trinajstić information content (AvgIpc) is 2.41. The smallest absolute Gasteiger partial charge is 0.129 e. The number of hydrogen-bond acceptors (Lipinski definition) is 2. The molecule has 0 saturated heterocycles. The summed E-state index contributed by atoms with van der Waals surface area (Å²) in [5.41, 5.74) is 6.60. The molecule has 1 unspecified atom stereocenters. The molecule has 2 aromatic carbocycles. The van der Waals surface area contributed by atoms with Gasteiger partial charge in [-0.05, 0) is 49.1 Å². The minimum atomic E-state index is -0.356. The Hall–Kier alpha value is -1.42. The second-order valence-corrected chi connectivity index (χ2v) is 5.38. The molecule has 2 nitrogen and oxygen atoms in total. The molecular formula is C16H18ClFN2. The minimum Gasteiger partial charge on any atom is -0.271 e. The van der Waals surface area contributed by atoms with Gasteiger partial charge >= 0.3 is 0 Å². The largest absolute Gasteiger partial charge is 0.271 e. The van der Waals surface area contributed by atoms with Crippen LogP contribution >= 0.6 is 11.6 Å². The van der Waals surface area contributed by atoms with E-state index in [1.54, 1.807) is 12.1 Å². The molecule has 0 radical (unpaired) electrons. The molecule has 0 aromatic heterocycles. The summed E-state index contributed by atoms with van der Waals surface area (Å²) in [7, 11) is 0. The van der Waals surface area contributed by atoms with Crippen LogP contribution in [0.5, 0.6) is 0 Å². The summed E-state index contributed by atoms with van der Waals surface area (Å²) in [4.78, 5) is 0. The Bertz CT molecular complexity index is 593. The molecule has 4 heteroatoms.